The Morgan fingerprint density at radius 2 is 2.10 bits per heavy atom. The standard InChI is InChI=1S/C16H18FN3O/c1-20(2)15-7-6-13(11-19-15)16(21)18-9-8-12-4-3-5-14(17)10-12/h3-7,10-11H,8-9H2,1-2H3,(H,18,21). The quantitative estimate of drug-likeness (QED) is 0.917. The van der Waals surface area contributed by atoms with E-state index in [2.05, 4.69) is 10.3 Å². The SMILES string of the molecule is CN(C)c1ccc(C(=O)NCCc2cccc(F)c2)cn1. The van der Waals surface area contributed by atoms with Gasteiger partial charge in [0.25, 0.3) is 5.91 Å². The Labute approximate surface area is 123 Å². The van der Waals surface area contributed by atoms with Crippen LogP contribution in [0.15, 0.2) is 42.6 Å². The zero-order valence-corrected chi connectivity index (χ0v) is 12.1. The minimum Gasteiger partial charge on any atom is -0.363 e. The molecule has 2 aromatic rings. The van der Waals surface area contributed by atoms with Crippen molar-refractivity contribution in [2.75, 3.05) is 25.5 Å². The lowest BCUT2D eigenvalue weighted by molar-refractivity contribution is 0.0954. The van der Waals surface area contributed by atoms with Crippen LogP contribution in [0.5, 0.6) is 0 Å². The zero-order valence-electron chi connectivity index (χ0n) is 12.1. The van der Waals surface area contributed by atoms with Crippen molar-refractivity contribution in [2.24, 2.45) is 0 Å². The van der Waals surface area contributed by atoms with E-state index in [9.17, 15) is 9.18 Å². The molecule has 21 heavy (non-hydrogen) atoms. The third-order valence-corrected chi connectivity index (χ3v) is 3.06. The molecule has 110 valence electrons. The molecule has 0 spiro atoms. The molecule has 0 saturated carbocycles. The summed E-state index contributed by atoms with van der Waals surface area (Å²) in [6.07, 6.45) is 2.14. The predicted molar refractivity (Wildman–Crippen MR) is 81.0 cm³/mol. The average molecular weight is 287 g/mol. The lowest BCUT2D eigenvalue weighted by atomic mass is 10.1. The van der Waals surface area contributed by atoms with E-state index in [1.165, 1.54) is 12.1 Å². The summed E-state index contributed by atoms with van der Waals surface area (Å²) in [6.45, 7) is 0.456. The second-order valence-corrected chi connectivity index (χ2v) is 4.94. The fraction of sp³-hybridized carbons (Fsp3) is 0.250. The molecule has 0 atom stereocenters. The van der Waals surface area contributed by atoms with Gasteiger partial charge in [0.2, 0.25) is 0 Å². The van der Waals surface area contributed by atoms with Crippen molar-refractivity contribution >= 4 is 11.7 Å². The number of carbonyl (C=O) groups is 1. The fourth-order valence-corrected chi connectivity index (χ4v) is 1.90. The van der Waals surface area contributed by atoms with Crippen LogP contribution in [0.25, 0.3) is 0 Å². The van der Waals surface area contributed by atoms with Gasteiger partial charge in [0, 0.05) is 26.8 Å². The maximum Gasteiger partial charge on any atom is 0.252 e. The van der Waals surface area contributed by atoms with Crippen molar-refractivity contribution in [1.82, 2.24) is 10.3 Å². The van der Waals surface area contributed by atoms with Crippen molar-refractivity contribution in [3.63, 3.8) is 0 Å². The number of benzene rings is 1. The molecule has 1 aromatic heterocycles. The summed E-state index contributed by atoms with van der Waals surface area (Å²) in [5.74, 6) is 0.359. The van der Waals surface area contributed by atoms with Gasteiger partial charge in [-0.05, 0) is 36.2 Å². The Balaban J connectivity index is 1.87. The van der Waals surface area contributed by atoms with Crippen molar-refractivity contribution < 1.29 is 9.18 Å². The van der Waals surface area contributed by atoms with Gasteiger partial charge < -0.3 is 10.2 Å². The van der Waals surface area contributed by atoms with E-state index in [0.717, 1.165) is 11.4 Å². The van der Waals surface area contributed by atoms with E-state index in [1.807, 2.05) is 25.1 Å². The maximum atomic E-state index is 13.0. The molecule has 0 radical (unpaired) electrons. The first-order valence-corrected chi connectivity index (χ1v) is 6.72. The van der Waals surface area contributed by atoms with Crippen LogP contribution < -0.4 is 10.2 Å². The molecule has 0 bridgehead atoms. The summed E-state index contributed by atoms with van der Waals surface area (Å²) < 4.78 is 13.0. The van der Waals surface area contributed by atoms with Gasteiger partial charge in [-0.1, -0.05) is 12.1 Å². The van der Waals surface area contributed by atoms with E-state index < -0.39 is 0 Å². The number of pyridine rings is 1. The average Bonchev–Trinajstić information content (AvgIpc) is 2.47. The lowest BCUT2D eigenvalue weighted by Crippen LogP contribution is -2.26. The van der Waals surface area contributed by atoms with Gasteiger partial charge in [0.05, 0.1) is 5.56 Å². The van der Waals surface area contributed by atoms with Crippen LogP contribution in [0, 0.1) is 5.82 Å². The highest BCUT2D eigenvalue weighted by Crippen LogP contribution is 2.08. The highest BCUT2D eigenvalue weighted by atomic mass is 19.1. The molecule has 0 fully saturated rings. The Hall–Kier alpha value is -2.43. The van der Waals surface area contributed by atoms with E-state index in [0.29, 0.717) is 18.5 Å². The number of anilines is 1. The molecule has 1 heterocycles. The van der Waals surface area contributed by atoms with Crippen LogP contribution in [-0.2, 0) is 6.42 Å². The number of amides is 1. The van der Waals surface area contributed by atoms with Crippen LogP contribution in [0.4, 0.5) is 10.2 Å². The number of aromatic nitrogens is 1. The van der Waals surface area contributed by atoms with Gasteiger partial charge >= 0.3 is 0 Å². The lowest BCUT2D eigenvalue weighted by Gasteiger charge is -2.11. The highest BCUT2D eigenvalue weighted by Gasteiger charge is 2.06. The summed E-state index contributed by atoms with van der Waals surface area (Å²) in [4.78, 5) is 18.0. The summed E-state index contributed by atoms with van der Waals surface area (Å²) in [5, 5.41) is 2.80. The van der Waals surface area contributed by atoms with E-state index in [-0.39, 0.29) is 11.7 Å². The Kier molecular flexibility index (Phi) is 4.87. The molecule has 2 rings (SSSR count). The molecular weight excluding hydrogens is 269 g/mol. The fourth-order valence-electron chi connectivity index (χ4n) is 1.90. The van der Waals surface area contributed by atoms with E-state index >= 15 is 0 Å². The van der Waals surface area contributed by atoms with Crippen molar-refractivity contribution in [3.8, 4) is 0 Å². The van der Waals surface area contributed by atoms with Gasteiger partial charge in [-0.3, -0.25) is 4.79 Å². The van der Waals surface area contributed by atoms with Crippen LogP contribution in [0.1, 0.15) is 15.9 Å². The molecule has 1 aromatic carbocycles. The van der Waals surface area contributed by atoms with Crippen molar-refractivity contribution in [3.05, 3.63) is 59.5 Å². The summed E-state index contributed by atoms with van der Waals surface area (Å²) in [6, 6.07) is 9.90. The van der Waals surface area contributed by atoms with Gasteiger partial charge in [-0.15, -0.1) is 0 Å². The van der Waals surface area contributed by atoms with Crippen molar-refractivity contribution in [2.45, 2.75) is 6.42 Å². The number of halogens is 1. The topological polar surface area (TPSA) is 45.2 Å². The number of nitrogens with one attached hydrogen (secondary N) is 1. The molecule has 1 amide bonds. The van der Waals surface area contributed by atoms with Crippen molar-refractivity contribution in [1.29, 1.82) is 0 Å². The van der Waals surface area contributed by atoms with Gasteiger partial charge in [0.15, 0.2) is 0 Å². The smallest absolute Gasteiger partial charge is 0.252 e. The van der Waals surface area contributed by atoms with Crippen LogP contribution in [0.3, 0.4) is 0 Å². The predicted octanol–water partition coefficient (Wildman–Crippen LogP) is 2.26. The normalized spacial score (nSPS) is 10.2. The molecule has 1 N–H and O–H groups in total. The highest BCUT2D eigenvalue weighted by molar-refractivity contribution is 5.94. The number of rotatable bonds is 5. The summed E-state index contributed by atoms with van der Waals surface area (Å²) >= 11 is 0. The number of carbonyl (C=O) groups excluding carboxylic acids is 1. The summed E-state index contributed by atoms with van der Waals surface area (Å²) in [7, 11) is 3.78. The molecule has 5 heteroatoms. The molecule has 0 unspecified atom stereocenters. The Bertz CT molecular complexity index is 611. The molecule has 0 aliphatic rings. The van der Waals surface area contributed by atoms with Crippen LogP contribution in [-0.4, -0.2) is 31.5 Å². The maximum absolute atomic E-state index is 13.0. The Morgan fingerprint density at radius 3 is 2.71 bits per heavy atom. The largest absolute Gasteiger partial charge is 0.363 e. The Morgan fingerprint density at radius 1 is 1.29 bits per heavy atom. The summed E-state index contributed by atoms with van der Waals surface area (Å²) in [5.41, 5.74) is 1.37. The minimum atomic E-state index is -0.262. The monoisotopic (exact) mass is 287 g/mol. The number of nitrogens with zero attached hydrogens (tertiary/aromatic N) is 2. The molecular formula is C16H18FN3O. The van der Waals surface area contributed by atoms with Gasteiger partial charge in [-0.25, -0.2) is 9.37 Å². The van der Waals surface area contributed by atoms with E-state index in [4.69, 9.17) is 0 Å². The zero-order chi connectivity index (χ0) is 15.2. The van der Waals surface area contributed by atoms with Crippen LogP contribution in [0.2, 0.25) is 0 Å². The molecule has 4 nitrogen and oxygen atoms in total. The molecule has 0 saturated heterocycles. The van der Waals surface area contributed by atoms with Crippen LogP contribution >= 0.6 is 0 Å². The first-order valence-electron chi connectivity index (χ1n) is 6.72. The first-order chi connectivity index (χ1) is 10.1. The van der Waals surface area contributed by atoms with Gasteiger partial charge in [-0.2, -0.15) is 0 Å². The molecule has 0 aliphatic heterocycles. The second kappa shape index (κ2) is 6.83. The number of hydrogen-bond acceptors (Lipinski definition) is 3. The van der Waals surface area contributed by atoms with Gasteiger partial charge in [0.1, 0.15) is 11.6 Å². The third kappa shape index (κ3) is 4.27. The van der Waals surface area contributed by atoms with E-state index in [1.54, 1.807) is 24.4 Å². The third-order valence-electron chi connectivity index (χ3n) is 3.06. The minimum absolute atomic E-state index is 0.177. The molecule has 0 aliphatic carbocycles. The first kappa shape index (κ1) is 15.0. The second-order valence-electron chi connectivity index (χ2n) is 4.94. The number of hydrogen-bond donors (Lipinski definition) is 1.